The number of hydrogen-bond donors (Lipinski definition) is 1. The lowest BCUT2D eigenvalue weighted by Crippen LogP contribution is -2.40. The van der Waals surface area contributed by atoms with Crippen molar-refractivity contribution in [1.82, 2.24) is 5.32 Å². The largest absolute Gasteiger partial charge is 0.317 e. The minimum Gasteiger partial charge on any atom is -0.317 e. The molecule has 0 atom stereocenters. The monoisotopic (exact) mass is 235 g/mol. The number of aryl methyl sites for hydroxylation is 1. The summed E-state index contributed by atoms with van der Waals surface area (Å²) in [6, 6.07) is 4.77. The molecule has 2 nitrogen and oxygen atoms in total. The Bertz CT molecular complexity index is 436. The smallest absolute Gasteiger partial charge is 0.168 e. The molecule has 92 valence electrons. The van der Waals surface area contributed by atoms with Crippen molar-refractivity contribution in [1.29, 1.82) is 0 Å². The summed E-state index contributed by atoms with van der Waals surface area (Å²) in [4.78, 5) is 12.4. The topological polar surface area (TPSA) is 29.1 Å². The molecule has 0 amide bonds. The van der Waals surface area contributed by atoms with E-state index in [-0.39, 0.29) is 17.0 Å². The molecule has 1 aromatic rings. The molecule has 1 aliphatic rings. The molecule has 1 aromatic carbocycles. The first-order chi connectivity index (χ1) is 8.03. The third kappa shape index (κ3) is 2.39. The summed E-state index contributed by atoms with van der Waals surface area (Å²) in [7, 11) is 0. The Morgan fingerprint density at radius 2 is 2.00 bits per heavy atom. The number of halogens is 1. The fraction of sp³-hybridized carbons (Fsp3) is 0.500. The highest BCUT2D eigenvalue weighted by molar-refractivity contribution is 6.00. The Morgan fingerprint density at radius 3 is 2.59 bits per heavy atom. The van der Waals surface area contributed by atoms with Gasteiger partial charge in [0.1, 0.15) is 5.82 Å². The molecule has 0 spiro atoms. The van der Waals surface area contributed by atoms with E-state index in [0.717, 1.165) is 25.9 Å². The Balaban J connectivity index is 2.26. The van der Waals surface area contributed by atoms with E-state index < -0.39 is 0 Å². The van der Waals surface area contributed by atoms with Gasteiger partial charge in [-0.3, -0.25) is 4.79 Å². The van der Waals surface area contributed by atoms with Crippen LogP contribution in [0, 0.1) is 18.2 Å². The van der Waals surface area contributed by atoms with E-state index in [9.17, 15) is 9.18 Å². The molecule has 0 aliphatic carbocycles. The molecule has 1 saturated heterocycles. The van der Waals surface area contributed by atoms with Crippen molar-refractivity contribution in [3.05, 3.63) is 35.1 Å². The highest BCUT2D eigenvalue weighted by Gasteiger charge is 2.35. The van der Waals surface area contributed by atoms with Crippen molar-refractivity contribution in [2.75, 3.05) is 13.1 Å². The maximum Gasteiger partial charge on any atom is 0.168 e. The number of Topliss-reactive ketones (excluding diaryl/α,β-unsaturated/α-hetero) is 1. The van der Waals surface area contributed by atoms with Gasteiger partial charge in [0.05, 0.1) is 0 Å². The summed E-state index contributed by atoms with van der Waals surface area (Å²) in [5, 5.41) is 3.24. The first kappa shape index (κ1) is 12.2. The summed E-state index contributed by atoms with van der Waals surface area (Å²) in [5.74, 6) is -0.230. The quantitative estimate of drug-likeness (QED) is 0.798. The molecule has 0 radical (unpaired) electrons. The van der Waals surface area contributed by atoms with Crippen molar-refractivity contribution in [2.45, 2.75) is 26.7 Å². The zero-order valence-corrected chi connectivity index (χ0v) is 10.3. The maximum atomic E-state index is 13.5. The molecule has 1 heterocycles. The molecular weight excluding hydrogens is 217 g/mol. The highest BCUT2D eigenvalue weighted by atomic mass is 19.1. The fourth-order valence-corrected chi connectivity index (χ4v) is 2.29. The average Bonchev–Trinajstić information content (AvgIpc) is 2.33. The van der Waals surface area contributed by atoms with Crippen LogP contribution >= 0.6 is 0 Å². The summed E-state index contributed by atoms with van der Waals surface area (Å²) >= 11 is 0. The molecule has 0 saturated carbocycles. The first-order valence-corrected chi connectivity index (χ1v) is 6.05. The Morgan fingerprint density at radius 1 is 1.35 bits per heavy atom. The second-order valence-corrected chi connectivity index (χ2v) is 5.10. The van der Waals surface area contributed by atoms with Crippen molar-refractivity contribution in [2.24, 2.45) is 5.41 Å². The number of piperidine rings is 1. The van der Waals surface area contributed by atoms with Crippen LogP contribution in [-0.2, 0) is 0 Å². The van der Waals surface area contributed by atoms with Gasteiger partial charge in [-0.05, 0) is 44.5 Å². The third-order valence-corrected chi connectivity index (χ3v) is 3.69. The Labute approximate surface area is 101 Å². The number of nitrogens with one attached hydrogen (secondary N) is 1. The third-order valence-electron chi connectivity index (χ3n) is 3.69. The highest BCUT2D eigenvalue weighted by Crippen LogP contribution is 2.32. The fourth-order valence-electron chi connectivity index (χ4n) is 2.29. The molecule has 0 aromatic heterocycles. The molecule has 0 bridgehead atoms. The van der Waals surface area contributed by atoms with Crippen LogP contribution in [0.5, 0.6) is 0 Å². The standard InChI is InChI=1S/C14H18FNO/c1-10-3-4-11(9-12(10)15)13(17)14(2)5-7-16-8-6-14/h3-4,9,16H,5-8H2,1-2H3. The van der Waals surface area contributed by atoms with Crippen LogP contribution in [-0.4, -0.2) is 18.9 Å². The molecule has 1 aliphatic heterocycles. The van der Waals surface area contributed by atoms with Crippen LogP contribution in [0.15, 0.2) is 18.2 Å². The zero-order chi connectivity index (χ0) is 12.5. The first-order valence-electron chi connectivity index (χ1n) is 6.05. The molecule has 2 rings (SSSR count). The predicted molar refractivity (Wildman–Crippen MR) is 65.7 cm³/mol. The zero-order valence-electron chi connectivity index (χ0n) is 10.3. The molecule has 17 heavy (non-hydrogen) atoms. The van der Waals surface area contributed by atoms with E-state index in [0.29, 0.717) is 11.1 Å². The van der Waals surface area contributed by atoms with E-state index >= 15 is 0 Å². The number of ketones is 1. The molecule has 3 heteroatoms. The minimum atomic E-state index is -0.340. The number of carbonyl (C=O) groups is 1. The lowest BCUT2D eigenvalue weighted by atomic mass is 9.75. The number of carbonyl (C=O) groups excluding carboxylic acids is 1. The maximum absolute atomic E-state index is 13.5. The van der Waals surface area contributed by atoms with Crippen molar-refractivity contribution < 1.29 is 9.18 Å². The van der Waals surface area contributed by atoms with E-state index in [1.165, 1.54) is 6.07 Å². The average molecular weight is 235 g/mol. The van der Waals surface area contributed by atoms with E-state index in [1.807, 2.05) is 6.92 Å². The van der Waals surface area contributed by atoms with E-state index in [1.54, 1.807) is 19.1 Å². The van der Waals surface area contributed by atoms with Crippen LogP contribution < -0.4 is 5.32 Å². The summed E-state index contributed by atoms with van der Waals surface area (Å²) in [5.41, 5.74) is 0.738. The van der Waals surface area contributed by atoms with Gasteiger partial charge in [0, 0.05) is 11.0 Å². The second kappa shape index (κ2) is 4.57. The Kier molecular flexibility index (Phi) is 3.29. The van der Waals surface area contributed by atoms with Crippen LogP contribution in [0.2, 0.25) is 0 Å². The van der Waals surface area contributed by atoms with Gasteiger partial charge in [-0.25, -0.2) is 4.39 Å². The summed E-state index contributed by atoms with van der Waals surface area (Å²) in [6.45, 7) is 5.40. The van der Waals surface area contributed by atoms with Crippen LogP contribution in [0.4, 0.5) is 4.39 Å². The number of hydrogen-bond acceptors (Lipinski definition) is 2. The second-order valence-electron chi connectivity index (χ2n) is 5.10. The van der Waals surface area contributed by atoms with Gasteiger partial charge >= 0.3 is 0 Å². The molecular formula is C14H18FNO. The van der Waals surface area contributed by atoms with Crippen LogP contribution in [0.3, 0.4) is 0 Å². The van der Waals surface area contributed by atoms with Crippen molar-refractivity contribution in [3.8, 4) is 0 Å². The van der Waals surface area contributed by atoms with Crippen molar-refractivity contribution >= 4 is 5.78 Å². The van der Waals surface area contributed by atoms with Gasteiger partial charge in [0.25, 0.3) is 0 Å². The molecule has 0 unspecified atom stereocenters. The van der Waals surface area contributed by atoms with Gasteiger partial charge in [0.15, 0.2) is 5.78 Å². The van der Waals surface area contributed by atoms with Gasteiger partial charge in [-0.15, -0.1) is 0 Å². The van der Waals surface area contributed by atoms with Gasteiger partial charge in [-0.1, -0.05) is 19.1 Å². The van der Waals surface area contributed by atoms with Crippen LogP contribution in [0.1, 0.15) is 35.7 Å². The Hall–Kier alpha value is -1.22. The molecule has 1 N–H and O–H groups in total. The van der Waals surface area contributed by atoms with Gasteiger partial charge < -0.3 is 5.32 Å². The van der Waals surface area contributed by atoms with Crippen molar-refractivity contribution in [3.63, 3.8) is 0 Å². The lowest BCUT2D eigenvalue weighted by molar-refractivity contribution is 0.0762. The van der Waals surface area contributed by atoms with E-state index in [4.69, 9.17) is 0 Å². The number of rotatable bonds is 2. The summed E-state index contributed by atoms with van der Waals surface area (Å²) < 4.78 is 13.5. The van der Waals surface area contributed by atoms with E-state index in [2.05, 4.69) is 5.32 Å². The van der Waals surface area contributed by atoms with Crippen LogP contribution in [0.25, 0.3) is 0 Å². The van der Waals surface area contributed by atoms with Gasteiger partial charge in [-0.2, -0.15) is 0 Å². The van der Waals surface area contributed by atoms with Gasteiger partial charge in [0.2, 0.25) is 0 Å². The normalized spacial score (nSPS) is 19.0. The minimum absolute atomic E-state index is 0.0675. The SMILES string of the molecule is Cc1ccc(C(=O)C2(C)CCNCC2)cc1F. The molecule has 1 fully saturated rings. The predicted octanol–water partition coefficient (Wildman–Crippen LogP) is 2.71. The lowest BCUT2D eigenvalue weighted by Gasteiger charge is -2.32. The number of benzene rings is 1. The summed E-state index contributed by atoms with van der Waals surface area (Å²) in [6.07, 6.45) is 1.64.